The lowest BCUT2D eigenvalue weighted by atomic mass is 9.90. The van der Waals surface area contributed by atoms with Crippen LogP contribution in [-0.4, -0.2) is 12.1 Å². The molecule has 110 valence electrons. The van der Waals surface area contributed by atoms with E-state index in [1.807, 2.05) is 18.2 Å². The van der Waals surface area contributed by atoms with E-state index in [1.165, 1.54) is 6.08 Å². The average Bonchev–Trinajstić information content (AvgIpc) is 2.46. The predicted molar refractivity (Wildman–Crippen MR) is 74.7 cm³/mol. The number of fused-ring (bicyclic) bond motifs is 1. The van der Waals surface area contributed by atoms with Gasteiger partial charge in [0.05, 0.1) is 0 Å². The average molecular weight is 293 g/mol. The summed E-state index contributed by atoms with van der Waals surface area (Å²) in [5.41, 5.74) is 3.21. The SMILES string of the molecule is O=C1CCc2cc(C3=CC=C(C(F)(F)F)CC3)ccc2N1. The van der Waals surface area contributed by atoms with Gasteiger partial charge in [-0.05, 0) is 48.1 Å². The summed E-state index contributed by atoms with van der Waals surface area (Å²) in [4.78, 5) is 11.3. The van der Waals surface area contributed by atoms with Crippen molar-refractivity contribution in [1.29, 1.82) is 0 Å². The van der Waals surface area contributed by atoms with E-state index in [4.69, 9.17) is 0 Å². The number of allylic oxidation sites excluding steroid dienone is 4. The maximum atomic E-state index is 12.6. The van der Waals surface area contributed by atoms with Crippen LogP contribution in [0.3, 0.4) is 0 Å². The summed E-state index contributed by atoms with van der Waals surface area (Å²) in [6.45, 7) is 0. The summed E-state index contributed by atoms with van der Waals surface area (Å²) >= 11 is 0. The van der Waals surface area contributed by atoms with Crippen molar-refractivity contribution in [2.45, 2.75) is 31.9 Å². The predicted octanol–water partition coefficient (Wildman–Crippen LogP) is 4.24. The molecule has 0 bridgehead atoms. The molecule has 1 aromatic carbocycles. The number of alkyl halides is 3. The summed E-state index contributed by atoms with van der Waals surface area (Å²) < 4.78 is 37.8. The van der Waals surface area contributed by atoms with Crippen LogP contribution in [0.4, 0.5) is 18.9 Å². The van der Waals surface area contributed by atoms with Crippen molar-refractivity contribution in [1.82, 2.24) is 0 Å². The second kappa shape index (κ2) is 5.06. The Labute approximate surface area is 120 Å². The van der Waals surface area contributed by atoms with Crippen molar-refractivity contribution >= 4 is 17.2 Å². The van der Waals surface area contributed by atoms with E-state index in [0.29, 0.717) is 19.3 Å². The minimum absolute atomic E-state index is 0.00452. The molecule has 0 radical (unpaired) electrons. The molecule has 0 saturated carbocycles. The molecule has 1 aromatic rings. The lowest BCUT2D eigenvalue weighted by molar-refractivity contribution is -0.116. The molecule has 1 N–H and O–H groups in total. The number of carbonyl (C=O) groups is 1. The molecule has 21 heavy (non-hydrogen) atoms. The van der Waals surface area contributed by atoms with E-state index < -0.39 is 11.7 Å². The quantitative estimate of drug-likeness (QED) is 0.824. The fourth-order valence-electron chi connectivity index (χ4n) is 2.70. The van der Waals surface area contributed by atoms with E-state index in [0.717, 1.165) is 22.4 Å². The van der Waals surface area contributed by atoms with Crippen LogP contribution in [0, 0.1) is 0 Å². The van der Waals surface area contributed by atoms with E-state index in [9.17, 15) is 18.0 Å². The maximum absolute atomic E-state index is 12.6. The van der Waals surface area contributed by atoms with Gasteiger partial charge in [-0.3, -0.25) is 4.79 Å². The monoisotopic (exact) mass is 293 g/mol. The molecule has 2 aliphatic rings. The van der Waals surface area contributed by atoms with Crippen molar-refractivity contribution in [2.75, 3.05) is 5.32 Å². The smallest absolute Gasteiger partial charge is 0.326 e. The third kappa shape index (κ3) is 2.86. The van der Waals surface area contributed by atoms with Crippen molar-refractivity contribution < 1.29 is 18.0 Å². The highest BCUT2D eigenvalue weighted by molar-refractivity contribution is 5.94. The Bertz CT molecular complexity index is 656. The van der Waals surface area contributed by atoms with Crippen LogP contribution in [0.25, 0.3) is 5.57 Å². The van der Waals surface area contributed by atoms with Gasteiger partial charge in [-0.1, -0.05) is 18.2 Å². The molecule has 0 aromatic heterocycles. The molecule has 0 saturated heterocycles. The zero-order valence-electron chi connectivity index (χ0n) is 11.3. The molecule has 0 unspecified atom stereocenters. The minimum atomic E-state index is -4.23. The first-order chi connectivity index (χ1) is 9.93. The molecular weight excluding hydrogens is 279 g/mol. The van der Waals surface area contributed by atoms with E-state index >= 15 is 0 Å². The highest BCUT2D eigenvalue weighted by atomic mass is 19.4. The number of rotatable bonds is 1. The van der Waals surface area contributed by atoms with Gasteiger partial charge in [-0.2, -0.15) is 13.2 Å². The Hall–Kier alpha value is -2.04. The normalized spacial score (nSPS) is 18.5. The van der Waals surface area contributed by atoms with Gasteiger partial charge in [0.25, 0.3) is 0 Å². The van der Waals surface area contributed by atoms with Crippen molar-refractivity contribution in [3.05, 3.63) is 47.1 Å². The minimum Gasteiger partial charge on any atom is -0.326 e. The van der Waals surface area contributed by atoms with Gasteiger partial charge in [-0.25, -0.2) is 0 Å². The van der Waals surface area contributed by atoms with Gasteiger partial charge < -0.3 is 5.32 Å². The number of halogens is 3. The Morgan fingerprint density at radius 2 is 1.81 bits per heavy atom. The Morgan fingerprint density at radius 3 is 2.48 bits per heavy atom. The van der Waals surface area contributed by atoms with Crippen molar-refractivity contribution in [2.24, 2.45) is 0 Å². The number of aryl methyl sites for hydroxylation is 1. The molecule has 0 fully saturated rings. The van der Waals surface area contributed by atoms with Crippen LogP contribution in [0.2, 0.25) is 0 Å². The van der Waals surface area contributed by atoms with E-state index in [1.54, 1.807) is 6.08 Å². The summed E-state index contributed by atoms with van der Waals surface area (Å²) in [6.07, 6.45) is 0.0108. The highest BCUT2D eigenvalue weighted by Crippen LogP contribution is 2.36. The van der Waals surface area contributed by atoms with Crippen LogP contribution in [0.5, 0.6) is 0 Å². The van der Waals surface area contributed by atoms with Crippen LogP contribution in [0.15, 0.2) is 35.9 Å². The largest absolute Gasteiger partial charge is 0.412 e. The fourth-order valence-corrected chi connectivity index (χ4v) is 2.70. The number of nitrogens with one attached hydrogen (secondary N) is 1. The lowest BCUT2D eigenvalue weighted by Gasteiger charge is -2.20. The number of anilines is 1. The number of carbonyl (C=O) groups excluding carboxylic acids is 1. The number of hydrogen-bond donors (Lipinski definition) is 1. The van der Waals surface area contributed by atoms with Gasteiger partial charge in [-0.15, -0.1) is 0 Å². The van der Waals surface area contributed by atoms with Gasteiger partial charge >= 0.3 is 6.18 Å². The molecule has 3 rings (SSSR count). The van der Waals surface area contributed by atoms with E-state index in [2.05, 4.69) is 5.32 Å². The number of amides is 1. The second-order valence-electron chi connectivity index (χ2n) is 5.30. The molecule has 2 nitrogen and oxygen atoms in total. The summed E-state index contributed by atoms with van der Waals surface area (Å²) in [6, 6.07) is 5.64. The van der Waals surface area contributed by atoms with Gasteiger partial charge in [0.1, 0.15) is 0 Å². The Kier molecular flexibility index (Phi) is 3.35. The zero-order chi connectivity index (χ0) is 15.0. The Balaban J connectivity index is 1.87. The highest BCUT2D eigenvalue weighted by Gasteiger charge is 2.33. The van der Waals surface area contributed by atoms with Crippen molar-refractivity contribution in [3.8, 4) is 0 Å². The standard InChI is InChI=1S/C16H14F3NO/c17-16(18,19)13-5-1-10(2-6-13)11-3-7-14-12(9-11)4-8-15(21)20-14/h1,3,5,7,9H,2,4,6,8H2,(H,20,21). The number of benzene rings is 1. The molecule has 0 spiro atoms. The fraction of sp³-hybridized carbons (Fsp3) is 0.312. The van der Waals surface area contributed by atoms with Crippen LogP contribution < -0.4 is 5.32 Å². The van der Waals surface area contributed by atoms with Gasteiger partial charge in [0, 0.05) is 17.7 Å². The second-order valence-corrected chi connectivity index (χ2v) is 5.30. The van der Waals surface area contributed by atoms with Gasteiger partial charge in [0.15, 0.2) is 0 Å². The third-order valence-corrected chi connectivity index (χ3v) is 3.89. The first kappa shape index (κ1) is 13.9. The molecule has 1 aliphatic carbocycles. The van der Waals surface area contributed by atoms with Crippen molar-refractivity contribution in [3.63, 3.8) is 0 Å². The Morgan fingerprint density at radius 1 is 1.00 bits per heavy atom. The zero-order valence-corrected chi connectivity index (χ0v) is 11.3. The first-order valence-electron chi connectivity index (χ1n) is 6.83. The number of hydrogen-bond acceptors (Lipinski definition) is 1. The molecule has 0 atom stereocenters. The summed E-state index contributed by atoms with van der Waals surface area (Å²) in [7, 11) is 0. The van der Waals surface area contributed by atoms with E-state index in [-0.39, 0.29) is 12.3 Å². The summed E-state index contributed by atoms with van der Waals surface area (Å²) in [5, 5.41) is 2.80. The summed E-state index contributed by atoms with van der Waals surface area (Å²) in [5.74, 6) is 0.00452. The molecule has 1 amide bonds. The first-order valence-corrected chi connectivity index (χ1v) is 6.83. The van der Waals surface area contributed by atoms with Crippen LogP contribution >= 0.6 is 0 Å². The van der Waals surface area contributed by atoms with Crippen LogP contribution in [0.1, 0.15) is 30.4 Å². The van der Waals surface area contributed by atoms with Crippen LogP contribution in [-0.2, 0) is 11.2 Å². The molecule has 1 heterocycles. The molecule has 5 heteroatoms. The molecular formula is C16H14F3NO. The maximum Gasteiger partial charge on any atom is 0.412 e. The third-order valence-electron chi connectivity index (χ3n) is 3.89. The van der Waals surface area contributed by atoms with Gasteiger partial charge in [0.2, 0.25) is 5.91 Å². The lowest BCUT2D eigenvalue weighted by Crippen LogP contribution is -2.19. The molecule has 1 aliphatic heterocycles. The topological polar surface area (TPSA) is 29.1 Å².